The molecule has 126 valence electrons. The number of carbonyl (C=O) groups is 3. The highest BCUT2D eigenvalue weighted by Crippen LogP contribution is 2.47. The van der Waals surface area contributed by atoms with E-state index in [1.165, 1.54) is 31.4 Å². The number of Topliss-reactive ketones (excluding diaryl/α,β-unsaturated/α-hetero) is 1. The Morgan fingerprint density at radius 2 is 2.12 bits per heavy atom. The van der Waals surface area contributed by atoms with Crippen LogP contribution in [0.25, 0.3) is 0 Å². The second-order valence-electron chi connectivity index (χ2n) is 5.87. The van der Waals surface area contributed by atoms with E-state index in [1.54, 1.807) is 0 Å². The second-order valence-corrected chi connectivity index (χ2v) is 5.87. The molecule has 0 saturated carbocycles. The molecule has 0 aromatic heterocycles. The summed E-state index contributed by atoms with van der Waals surface area (Å²) in [7, 11) is 1.21. The summed E-state index contributed by atoms with van der Waals surface area (Å²) in [5.41, 5.74) is -1.51. The highest BCUT2D eigenvalue weighted by atomic mass is 16.5. The van der Waals surface area contributed by atoms with E-state index < -0.39 is 29.2 Å². The lowest BCUT2D eigenvalue weighted by Crippen LogP contribution is -2.51. The topological polar surface area (TPSA) is 110 Å². The lowest BCUT2D eigenvalue weighted by Gasteiger charge is -2.32. The average Bonchev–Trinajstić information content (AvgIpc) is 2.72. The monoisotopic (exact) mass is 332 g/mol. The van der Waals surface area contributed by atoms with Crippen LogP contribution in [0.3, 0.4) is 0 Å². The van der Waals surface area contributed by atoms with Gasteiger partial charge in [0, 0.05) is 12.0 Å². The van der Waals surface area contributed by atoms with Crippen molar-refractivity contribution in [3.05, 3.63) is 35.4 Å². The van der Waals surface area contributed by atoms with Crippen molar-refractivity contribution in [1.29, 1.82) is 0 Å². The van der Waals surface area contributed by atoms with Crippen LogP contribution in [0.15, 0.2) is 29.8 Å². The number of ether oxygens (including phenoxy) is 2. The summed E-state index contributed by atoms with van der Waals surface area (Å²) in [6.45, 7) is 0. The number of hydrogen-bond donors (Lipinski definition) is 2. The van der Waals surface area contributed by atoms with Crippen LogP contribution in [0, 0.1) is 5.92 Å². The van der Waals surface area contributed by atoms with Crippen LogP contribution in [0.5, 0.6) is 11.5 Å². The Hall–Kier alpha value is -2.83. The van der Waals surface area contributed by atoms with Crippen LogP contribution in [0.1, 0.15) is 29.6 Å². The molecule has 2 N–H and O–H groups in total. The van der Waals surface area contributed by atoms with Gasteiger partial charge in [-0.1, -0.05) is 6.08 Å². The highest BCUT2D eigenvalue weighted by molar-refractivity contribution is 6.10. The van der Waals surface area contributed by atoms with Gasteiger partial charge in [0.15, 0.2) is 5.60 Å². The number of esters is 1. The van der Waals surface area contributed by atoms with E-state index >= 15 is 0 Å². The predicted octanol–water partition coefficient (Wildman–Crippen LogP) is 1.69. The van der Waals surface area contributed by atoms with E-state index in [2.05, 4.69) is 0 Å². The fraction of sp³-hybridized carbons (Fsp3) is 0.353. The van der Waals surface area contributed by atoms with Gasteiger partial charge in [0.05, 0.1) is 12.7 Å². The van der Waals surface area contributed by atoms with Crippen LogP contribution >= 0.6 is 0 Å². The summed E-state index contributed by atoms with van der Waals surface area (Å²) in [5, 5.41) is 19.0. The standard InChI is InChI=1S/C17H16O7/c1-23-16(22)12-4-2-3-9(15(20)21)8-17(12)14(19)11-7-10(18)5-6-13(11)24-17/h3,5-7,12,18H,2,4,8H2,1H3,(H,20,21)/t12-,17-/m0/s1. The van der Waals surface area contributed by atoms with Gasteiger partial charge in [0.25, 0.3) is 0 Å². The lowest BCUT2D eigenvalue weighted by atomic mass is 9.77. The van der Waals surface area contributed by atoms with Gasteiger partial charge in [-0.05, 0) is 31.0 Å². The molecule has 1 heterocycles. The van der Waals surface area contributed by atoms with E-state index in [4.69, 9.17) is 9.47 Å². The van der Waals surface area contributed by atoms with Crippen LogP contribution < -0.4 is 4.74 Å². The summed E-state index contributed by atoms with van der Waals surface area (Å²) in [5.74, 6) is -3.12. The molecule has 0 saturated heterocycles. The van der Waals surface area contributed by atoms with Gasteiger partial charge >= 0.3 is 11.9 Å². The number of phenolic OH excluding ortho intramolecular Hbond substituents is 1. The van der Waals surface area contributed by atoms with Crippen LogP contribution in [-0.4, -0.2) is 40.6 Å². The molecule has 1 aromatic rings. The Balaban J connectivity index is 2.12. The fourth-order valence-corrected chi connectivity index (χ4v) is 3.35. The van der Waals surface area contributed by atoms with Gasteiger partial charge in [0.1, 0.15) is 17.4 Å². The van der Waals surface area contributed by atoms with E-state index in [-0.39, 0.29) is 35.5 Å². The van der Waals surface area contributed by atoms with Crippen molar-refractivity contribution in [3.63, 3.8) is 0 Å². The van der Waals surface area contributed by atoms with E-state index in [0.29, 0.717) is 6.42 Å². The van der Waals surface area contributed by atoms with Gasteiger partial charge in [-0.2, -0.15) is 0 Å². The molecule has 24 heavy (non-hydrogen) atoms. The van der Waals surface area contributed by atoms with Gasteiger partial charge in [-0.15, -0.1) is 0 Å². The number of rotatable bonds is 2. The van der Waals surface area contributed by atoms with Crippen molar-refractivity contribution < 1.29 is 34.1 Å². The largest absolute Gasteiger partial charge is 0.508 e. The average molecular weight is 332 g/mol. The molecule has 1 aliphatic heterocycles. The third kappa shape index (κ3) is 2.33. The zero-order valence-corrected chi connectivity index (χ0v) is 12.9. The van der Waals surface area contributed by atoms with Crippen LogP contribution in [0.2, 0.25) is 0 Å². The number of aliphatic carboxylic acids is 1. The van der Waals surface area contributed by atoms with Gasteiger partial charge in [0.2, 0.25) is 5.78 Å². The first-order chi connectivity index (χ1) is 11.4. The first-order valence-corrected chi connectivity index (χ1v) is 7.46. The van der Waals surface area contributed by atoms with Crippen LogP contribution in [-0.2, 0) is 14.3 Å². The number of fused-ring (bicyclic) bond motifs is 1. The molecule has 1 spiro atoms. The number of ketones is 1. The number of aromatic hydroxyl groups is 1. The molecule has 0 radical (unpaired) electrons. The zero-order valence-electron chi connectivity index (χ0n) is 12.9. The molecule has 0 unspecified atom stereocenters. The molecule has 0 fully saturated rings. The zero-order chi connectivity index (χ0) is 17.5. The summed E-state index contributed by atoms with van der Waals surface area (Å²) in [6, 6.07) is 4.05. The molecule has 7 nitrogen and oxygen atoms in total. The third-order valence-corrected chi connectivity index (χ3v) is 4.51. The number of carboxylic acid groups (broad SMARTS) is 1. The molecule has 0 amide bonds. The van der Waals surface area contributed by atoms with Crippen LogP contribution in [0.4, 0.5) is 0 Å². The minimum atomic E-state index is -1.66. The Kier molecular flexibility index (Phi) is 3.79. The lowest BCUT2D eigenvalue weighted by molar-refractivity contribution is -0.152. The molecule has 7 heteroatoms. The summed E-state index contributed by atoms with van der Waals surface area (Å²) in [6.07, 6.45) is 1.82. The van der Waals surface area contributed by atoms with Crippen molar-refractivity contribution in [2.24, 2.45) is 5.92 Å². The Bertz CT molecular complexity index is 764. The number of carbonyl (C=O) groups excluding carboxylic acids is 2. The molecular weight excluding hydrogens is 316 g/mol. The van der Waals surface area contributed by atoms with Crippen molar-refractivity contribution in [2.75, 3.05) is 7.11 Å². The predicted molar refractivity (Wildman–Crippen MR) is 80.9 cm³/mol. The molecule has 2 atom stereocenters. The maximum absolute atomic E-state index is 13.0. The number of benzene rings is 1. The van der Waals surface area contributed by atoms with E-state index in [1.807, 2.05) is 0 Å². The van der Waals surface area contributed by atoms with E-state index in [9.17, 15) is 24.6 Å². The van der Waals surface area contributed by atoms with Crippen molar-refractivity contribution in [3.8, 4) is 11.5 Å². The molecule has 0 bridgehead atoms. The number of allylic oxidation sites excluding steroid dienone is 1. The highest BCUT2D eigenvalue weighted by Gasteiger charge is 2.57. The third-order valence-electron chi connectivity index (χ3n) is 4.51. The van der Waals surface area contributed by atoms with Gasteiger partial charge < -0.3 is 19.7 Å². The van der Waals surface area contributed by atoms with Gasteiger partial charge in [-0.25, -0.2) is 4.79 Å². The van der Waals surface area contributed by atoms with E-state index in [0.717, 1.165) is 0 Å². The maximum Gasteiger partial charge on any atom is 0.331 e. The number of methoxy groups -OCH3 is 1. The number of hydrogen-bond acceptors (Lipinski definition) is 6. The molecule has 1 aromatic carbocycles. The second kappa shape index (κ2) is 5.67. The molecule has 3 rings (SSSR count). The normalized spacial score (nSPS) is 25.5. The molecule has 2 aliphatic rings. The number of phenols is 1. The first-order valence-electron chi connectivity index (χ1n) is 7.46. The summed E-state index contributed by atoms with van der Waals surface area (Å²) < 4.78 is 10.6. The van der Waals surface area contributed by atoms with Crippen molar-refractivity contribution in [2.45, 2.75) is 24.9 Å². The van der Waals surface area contributed by atoms with Crippen molar-refractivity contribution in [1.82, 2.24) is 0 Å². The van der Waals surface area contributed by atoms with Crippen molar-refractivity contribution >= 4 is 17.7 Å². The smallest absolute Gasteiger partial charge is 0.331 e. The maximum atomic E-state index is 13.0. The Morgan fingerprint density at radius 1 is 1.38 bits per heavy atom. The molecule has 1 aliphatic carbocycles. The number of carboxylic acids is 1. The van der Waals surface area contributed by atoms with Gasteiger partial charge in [-0.3, -0.25) is 9.59 Å². The summed E-state index contributed by atoms with van der Waals surface area (Å²) >= 11 is 0. The Labute approximate surface area is 137 Å². The minimum Gasteiger partial charge on any atom is -0.508 e. The first kappa shape index (κ1) is 16.0. The quantitative estimate of drug-likeness (QED) is 0.793. The minimum absolute atomic E-state index is 0.0202. The molecular formula is C17H16O7. The fourth-order valence-electron chi connectivity index (χ4n) is 3.35. The SMILES string of the molecule is COC(=O)[C@@H]1CCC=C(C(=O)O)C[C@]12Oc1ccc(O)cc1C2=O. The Morgan fingerprint density at radius 3 is 2.79 bits per heavy atom. The summed E-state index contributed by atoms with van der Waals surface area (Å²) in [4.78, 5) is 36.7.